The van der Waals surface area contributed by atoms with Gasteiger partial charge in [0, 0.05) is 42.9 Å². The molecule has 0 radical (unpaired) electrons. The highest BCUT2D eigenvalue weighted by Gasteiger charge is 2.33. The van der Waals surface area contributed by atoms with Crippen LogP contribution in [0.1, 0.15) is 24.8 Å². The number of aromatic nitrogens is 1. The van der Waals surface area contributed by atoms with E-state index in [-0.39, 0.29) is 29.7 Å². The highest BCUT2D eigenvalue weighted by atomic mass is 32.1. The summed E-state index contributed by atoms with van der Waals surface area (Å²) in [4.78, 5) is 41.6. The molecule has 1 aromatic carbocycles. The van der Waals surface area contributed by atoms with Gasteiger partial charge in [-0.05, 0) is 43.6 Å². The second-order valence-corrected chi connectivity index (χ2v) is 8.32. The van der Waals surface area contributed by atoms with Gasteiger partial charge in [-0.25, -0.2) is 0 Å². The third-order valence-corrected chi connectivity index (χ3v) is 6.16. The van der Waals surface area contributed by atoms with Gasteiger partial charge in [0.25, 0.3) is 11.8 Å². The Morgan fingerprint density at radius 2 is 1.94 bits per heavy atom. The number of nitrogens with one attached hydrogen (secondary N) is 1. The van der Waals surface area contributed by atoms with Crippen molar-refractivity contribution in [2.75, 3.05) is 33.4 Å². The number of thiocarbonyl (C=S) groups is 1. The molecule has 0 aliphatic carbocycles. The van der Waals surface area contributed by atoms with Gasteiger partial charge in [0.2, 0.25) is 5.91 Å². The van der Waals surface area contributed by atoms with Crippen LogP contribution in [-0.4, -0.2) is 70.6 Å². The molecule has 1 N–H and O–H groups in total. The zero-order valence-corrected chi connectivity index (χ0v) is 18.8. The van der Waals surface area contributed by atoms with Gasteiger partial charge in [0.1, 0.15) is 12.1 Å². The first-order chi connectivity index (χ1) is 15.5. The minimum absolute atomic E-state index is 0.0000341. The number of methoxy groups -OCH3 is 1. The molecule has 2 aliphatic heterocycles. The fraction of sp³-hybridized carbons (Fsp3) is 0.391. The van der Waals surface area contributed by atoms with Crippen molar-refractivity contribution in [3.63, 3.8) is 0 Å². The number of benzene rings is 1. The van der Waals surface area contributed by atoms with E-state index in [1.807, 2.05) is 39.9 Å². The summed E-state index contributed by atoms with van der Waals surface area (Å²) in [5.74, 6) is -0.917. The van der Waals surface area contributed by atoms with Crippen molar-refractivity contribution in [2.45, 2.75) is 25.8 Å². The lowest BCUT2D eigenvalue weighted by molar-refractivity contribution is -0.133. The second kappa shape index (κ2) is 9.62. The van der Waals surface area contributed by atoms with E-state index in [0.717, 1.165) is 43.3 Å². The van der Waals surface area contributed by atoms with E-state index in [2.05, 4.69) is 5.32 Å². The molecule has 0 unspecified atom stereocenters. The molecule has 2 aromatic rings. The summed E-state index contributed by atoms with van der Waals surface area (Å²) in [6, 6.07) is 7.65. The number of amides is 3. The Balaban J connectivity index is 1.66. The van der Waals surface area contributed by atoms with Gasteiger partial charge >= 0.3 is 0 Å². The lowest BCUT2D eigenvalue weighted by Crippen LogP contribution is -2.54. The van der Waals surface area contributed by atoms with Gasteiger partial charge in [0.15, 0.2) is 5.11 Å². The highest BCUT2D eigenvalue weighted by molar-refractivity contribution is 7.80. The Morgan fingerprint density at radius 3 is 2.69 bits per heavy atom. The number of fused-ring (bicyclic) bond motifs is 1. The predicted octanol–water partition coefficient (Wildman–Crippen LogP) is 1.93. The maximum atomic E-state index is 13.0. The first kappa shape index (κ1) is 22.2. The van der Waals surface area contributed by atoms with E-state index in [4.69, 9.17) is 17.0 Å². The van der Waals surface area contributed by atoms with E-state index >= 15 is 0 Å². The van der Waals surface area contributed by atoms with Crippen LogP contribution < -0.4 is 5.32 Å². The molecule has 9 heteroatoms. The molecule has 2 aliphatic rings. The average Bonchev–Trinajstić information content (AvgIpc) is 3.14. The summed E-state index contributed by atoms with van der Waals surface area (Å²) < 4.78 is 6.93. The van der Waals surface area contributed by atoms with Crippen molar-refractivity contribution in [2.24, 2.45) is 0 Å². The van der Waals surface area contributed by atoms with Crippen molar-refractivity contribution in [3.05, 3.63) is 41.6 Å². The summed E-state index contributed by atoms with van der Waals surface area (Å²) in [6.45, 7) is 2.35. The van der Waals surface area contributed by atoms with Crippen molar-refractivity contribution in [1.29, 1.82) is 0 Å². The summed E-state index contributed by atoms with van der Waals surface area (Å²) in [7, 11) is 1.53. The number of carbonyl (C=O) groups is 3. The lowest BCUT2D eigenvalue weighted by Gasteiger charge is -2.28. The number of rotatable bonds is 6. The number of nitrogens with zero attached hydrogens (tertiary/aromatic N) is 3. The quantitative estimate of drug-likeness (QED) is 0.410. The largest absolute Gasteiger partial charge is 0.383 e. The van der Waals surface area contributed by atoms with Crippen LogP contribution in [0.4, 0.5) is 0 Å². The molecule has 32 heavy (non-hydrogen) atoms. The maximum absolute atomic E-state index is 13.0. The predicted molar refractivity (Wildman–Crippen MR) is 125 cm³/mol. The van der Waals surface area contributed by atoms with E-state index in [0.29, 0.717) is 12.2 Å². The number of hydrogen-bond donors (Lipinski definition) is 1. The van der Waals surface area contributed by atoms with E-state index < -0.39 is 11.8 Å². The van der Waals surface area contributed by atoms with Crippen LogP contribution in [0, 0.1) is 0 Å². The molecule has 2 fully saturated rings. The third kappa shape index (κ3) is 4.44. The monoisotopic (exact) mass is 454 g/mol. The van der Waals surface area contributed by atoms with Gasteiger partial charge < -0.3 is 14.2 Å². The zero-order chi connectivity index (χ0) is 22.7. The Bertz CT molecular complexity index is 1100. The van der Waals surface area contributed by atoms with Crippen LogP contribution in [0.3, 0.4) is 0 Å². The molecule has 0 atom stereocenters. The molecule has 2 saturated heterocycles. The molecule has 3 amide bonds. The smallest absolute Gasteiger partial charge is 0.265 e. The average molecular weight is 455 g/mol. The van der Waals surface area contributed by atoms with Crippen molar-refractivity contribution in [1.82, 2.24) is 19.7 Å². The van der Waals surface area contributed by atoms with Gasteiger partial charge in [0.05, 0.1) is 13.2 Å². The molecule has 1 aromatic heterocycles. The Hall–Kier alpha value is -3.04. The Morgan fingerprint density at radius 1 is 1.19 bits per heavy atom. The number of ether oxygens (including phenoxy) is 1. The van der Waals surface area contributed by atoms with Gasteiger partial charge in [-0.15, -0.1) is 0 Å². The van der Waals surface area contributed by atoms with Crippen molar-refractivity contribution >= 4 is 52.0 Å². The molecule has 0 saturated carbocycles. The van der Waals surface area contributed by atoms with Crippen molar-refractivity contribution in [3.8, 4) is 0 Å². The molecule has 4 rings (SSSR count). The number of piperidine rings is 1. The molecular formula is C23H26N4O4S. The molecule has 168 valence electrons. The first-order valence-corrected chi connectivity index (χ1v) is 11.1. The molecule has 0 spiro atoms. The topological polar surface area (TPSA) is 83.9 Å². The zero-order valence-electron chi connectivity index (χ0n) is 18.0. The molecule has 3 heterocycles. The SMILES string of the molecule is COCCN1C(=O)C(=Cc2cn(CC(=O)N3CCCCC3)c3ccccc23)C(=O)NC1=S. The lowest BCUT2D eigenvalue weighted by atomic mass is 10.1. The van der Waals surface area contributed by atoms with Crippen LogP contribution in [0.5, 0.6) is 0 Å². The van der Waals surface area contributed by atoms with E-state index in [1.54, 1.807) is 6.08 Å². The molecule has 0 bridgehead atoms. The van der Waals surface area contributed by atoms with E-state index in [9.17, 15) is 14.4 Å². The number of para-hydroxylation sites is 1. The molecular weight excluding hydrogens is 428 g/mol. The highest BCUT2D eigenvalue weighted by Crippen LogP contribution is 2.25. The van der Waals surface area contributed by atoms with Crippen molar-refractivity contribution < 1.29 is 19.1 Å². The minimum Gasteiger partial charge on any atom is -0.383 e. The number of hydrogen-bond acceptors (Lipinski definition) is 5. The fourth-order valence-corrected chi connectivity index (χ4v) is 4.41. The van der Waals surface area contributed by atoms with Gasteiger partial charge in [-0.1, -0.05) is 18.2 Å². The summed E-state index contributed by atoms with van der Waals surface area (Å²) in [5.41, 5.74) is 1.57. The second-order valence-electron chi connectivity index (χ2n) is 7.94. The minimum atomic E-state index is -0.533. The van der Waals surface area contributed by atoms with Crippen LogP contribution in [0.25, 0.3) is 17.0 Å². The summed E-state index contributed by atoms with van der Waals surface area (Å²) >= 11 is 5.15. The third-order valence-electron chi connectivity index (χ3n) is 5.84. The van der Waals surface area contributed by atoms with Crippen LogP contribution in [0.2, 0.25) is 0 Å². The normalized spacial score (nSPS) is 18.5. The Kier molecular flexibility index (Phi) is 6.66. The number of carbonyl (C=O) groups excluding carboxylic acids is 3. The standard InChI is InChI=1S/C23H26N4O4S/c1-31-12-11-27-22(30)18(21(29)24-23(27)32)13-16-14-26(19-8-4-3-7-17(16)19)15-20(28)25-9-5-2-6-10-25/h3-4,7-8,13-14H,2,5-6,9-12,15H2,1H3,(H,24,29,32). The Labute approximate surface area is 191 Å². The summed E-state index contributed by atoms with van der Waals surface area (Å²) in [5, 5.41) is 3.51. The van der Waals surface area contributed by atoms with Crippen LogP contribution >= 0.6 is 12.2 Å². The number of likely N-dealkylation sites (tertiary alicyclic amines) is 1. The summed E-state index contributed by atoms with van der Waals surface area (Å²) in [6.07, 6.45) is 6.63. The molecule has 8 nitrogen and oxygen atoms in total. The van der Waals surface area contributed by atoms with Crippen LogP contribution in [0.15, 0.2) is 36.0 Å². The van der Waals surface area contributed by atoms with Gasteiger partial charge in [-0.3, -0.25) is 24.6 Å². The fourth-order valence-electron chi connectivity index (χ4n) is 4.15. The van der Waals surface area contributed by atoms with Gasteiger partial charge in [-0.2, -0.15) is 0 Å². The van der Waals surface area contributed by atoms with Crippen LogP contribution in [-0.2, 0) is 25.7 Å². The first-order valence-electron chi connectivity index (χ1n) is 10.7. The van der Waals surface area contributed by atoms with E-state index in [1.165, 1.54) is 12.0 Å². The maximum Gasteiger partial charge on any atom is 0.265 e.